The Kier molecular flexibility index (Phi) is 4.66. The molecule has 0 spiro atoms. The Labute approximate surface area is 122 Å². The Morgan fingerprint density at radius 2 is 2.05 bits per heavy atom. The molecule has 1 aromatic rings. The summed E-state index contributed by atoms with van der Waals surface area (Å²) in [4.78, 5) is 36.3. The molecule has 0 aromatic heterocycles. The molecular weight excluding hydrogens is 272 g/mol. The van der Waals surface area contributed by atoms with Gasteiger partial charge in [-0.05, 0) is 24.6 Å². The highest BCUT2D eigenvalue weighted by atomic mass is 16.2. The molecule has 1 aliphatic heterocycles. The van der Waals surface area contributed by atoms with Gasteiger partial charge >= 0.3 is 0 Å². The van der Waals surface area contributed by atoms with E-state index in [9.17, 15) is 14.4 Å². The van der Waals surface area contributed by atoms with Crippen molar-refractivity contribution in [3.63, 3.8) is 0 Å². The summed E-state index contributed by atoms with van der Waals surface area (Å²) in [6.07, 6.45) is 0. The van der Waals surface area contributed by atoms with E-state index in [2.05, 4.69) is 10.6 Å². The number of hydrogen-bond donors (Lipinski definition) is 3. The lowest BCUT2D eigenvalue weighted by atomic mass is 10.2. The molecule has 2 rings (SSSR count). The van der Waals surface area contributed by atoms with Crippen LogP contribution in [0.4, 0.5) is 5.69 Å². The number of anilines is 1. The van der Waals surface area contributed by atoms with Crippen molar-refractivity contribution in [3.05, 3.63) is 29.8 Å². The topological polar surface area (TPSA) is 105 Å². The maximum atomic E-state index is 12.0. The molecule has 1 fully saturated rings. The van der Waals surface area contributed by atoms with Crippen LogP contribution in [-0.2, 0) is 20.9 Å². The lowest BCUT2D eigenvalue weighted by Crippen LogP contribution is -2.58. The summed E-state index contributed by atoms with van der Waals surface area (Å²) >= 11 is 0. The van der Waals surface area contributed by atoms with E-state index in [1.54, 1.807) is 19.1 Å². The van der Waals surface area contributed by atoms with Crippen molar-refractivity contribution < 1.29 is 14.4 Å². The van der Waals surface area contributed by atoms with Gasteiger partial charge in [-0.15, -0.1) is 0 Å². The van der Waals surface area contributed by atoms with Gasteiger partial charge in [0.1, 0.15) is 0 Å². The van der Waals surface area contributed by atoms with Crippen LogP contribution >= 0.6 is 0 Å². The van der Waals surface area contributed by atoms with Crippen LogP contribution in [0.2, 0.25) is 0 Å². The molecule has 1 atom stereocenters. The number of nitrogens with two attached hydrogens (primary N) is 1. The first kappa shape index (κ1) is 15.1. The SMILES string of the molecule is CC1C(=O)NC(=O)CN1CC(=O)Nc1ccc(CN)cc1. The standard InChI is InChI=1S/C14H18N4O3/c1-9-14(21)17-13(20)8-18(9)7-12(19)16-11-4-2-10(6-15)3-5-11/h2-5,9H,6-8,15H2,1H3,(H,16,19)(H,17,20,21). The fourth-order valence-electron chi connectivity index (χ4n) is 2.07. The third-order valence-electron chi connectivity index (χ3n) is 3.36. The monoisotopic (exact) mass is 290 g/mol. The van der Waals surface area contributed by atoms with Crippen molar-refractivity contribution in [1.29, 1.82) is 0 Å². The largest absolute Gasteiger partial charge is 0.326 e. The van der Waals surface area contributed by atoms with Gasteiger partial charge in [0.05, 0.1) is 19.1 Å². The van der Waals surface area contributed by atoms with E-state index in [0.717, 1.165) is 5.56 Å². The van der Waals surface area contributed by atoms with Crippen LogP contribution in [0.1, 0.15) is 12.5 Å². The van der Waals surface area contributed by atoms with E-state index in [-0.39, 0.29) is 24.9 Å². The predicted molar refractivity (Wildman–Crippen MR) is 77.1 cm³/mol. The molecule has 7 nitrogen and oxygen atoms in total. The van der Waals surface area contributed by atoms with Crippen LogP contribution in [0.15, 0.2) is 24.3 Å². The molecule has 0 aliphatic carbocycles. The van der Waals surface area contributed by atoms with Crippen molar-refractivity contribution in [1.82, 2.24) is 10.2 Å². The highest BCUT2D eigenvalue weighted by Gasteiger charge is 2.31. The summed E-state index contributed by atoms with van der Waals surface area (Å²) in [5.74, 6) is -1.05. The van der Waals surface area contributed by atoms with Gasteiger partial charge in [0.25, 0.3) is 0 Å². The first-order chi connectivity index (χ1) is 9.99. The summed E-state index contributed by atoms with van der Waals surface area (Å²) in [6.45, 7) is 2.12. The van der Waals surface area contributed by atoms with Crippen molar-refractivity contribution in [2.75, 3.05) is 18.4 Å². The highest BCUT2D eigenvalue weighted by molar-refractivity contribution is 6.02. The van der Waals surface area contributed by atoms with Crippen molar-refractivity contribution in [3.8, 4) is 0 Å². The van der Waals surface area contributed by atoms with Gasteiger partial charge < -0.3 is 11.1 Å². The summed E-state index contributed by atoms with van der Waals surface area (Å²) in [5.41, 5.74) is 7.13. The predicted octanol–water partition coefficient (Wildman–Crippen LogP) is -0.569. The third-order valence-corrected chi connectivity index (χ3v) is 3.36. The number of nitrogens with one attached hydrogen (secondary N) is 2. The average molecular weight is 290 g/mol. The van der Waals surface area contributed by atoms with E-state index >= 15 is 0 Å². The van der Waals surface area contributed by atoms with Gasteiger partial charge in [0.2, 0.25) is 17.7 Å². The maximum Gasteiger partial charge on any atom is 0.243 e. The fraction of sp³-hybridized carbons (Fsp3) is 0.357. The van der Waals surface area contributed by atoms with Crippen LogP contribution in [0.3, 0.4) is 0 Å². The summed E-state index contributed by atoms with van der Waals surface area (Å²) < 4.78 is 0. The number of carbonyl (C=O) groups is 3. The van der Waals surface area contributed by atoms with Crippen LogP contribution in [0.5, 0.6) is 0 Å². The van der Waals surface area contributed by atoms with E-state index in [4.69, 9.17) is 5.73 Å². The number of imide groups is 1. The van der Waals surface area contributed by atoms with Gasteiger partial charge in [0.15, 0.2) is 0 Å². The highest BCUT2D eigenvalue weighted by Crippen LogP contribution is 2.10. The zero-order valence-corrected chi connectivity index (χ0v) is 11.8. The average Bonchev–Trinajstić information content (AvgIpc) is 2.45. The number of carbonyl (C=O) groups excluding carboxylic acids is 3. The Bertz CT molecular complexity index is 556. The number of benzene rings is 1. The smallest absolute Gasteiger partial charge is 0.243 e. The number of piperazine rings is 1. The van der Waals surface area contributed by atoms with Gasteiger partial charge in [-0.25, -0.2) is 0 Å². The minimum Gasteiger partial charge on any atom is -0.326 e. The molecule has 0 radical (unpaired) electrons. The molecule has 21 heavy (non-hydrogen) atoms. The molecule has 1 aliphatic rings. The van der Waals surface area contributed by atoms with Gasteiger partial charge in [-0.1, -0.05) is 12.1 Å². The van der Waals surface area contributed by atoms with Crippen LogP contribution < -0.4 is 16.4 Å². The number of nitrogens with zero attached hydrogens (tertiary/aromatic N) is 1. The zero-order valence-electron chi connectivity index (χ0n) is 11.8. The van der Waals surface area contributed by atoms with Crippen LogP contribution in [0, 0.1) is 0 Å². The van der Waals surface area contributed by atoms with E-state index in [0.29, 0.717) is 12.2 Å². The first-order valence-electron chi connectivity index (χ1n) is 6.66. The molecule has 1 saturated heterocycles. The summed E-state index contributed by atoms with van der Waals surface area (Å²) in [7, 11) is 0. The lowest BCUT2D eigenvalue weighted by molar-refractivity contribution is -0.140. The van der Waals surface area contributed by atoms with E-state index < -0.39 is 11.9 Å². The Morgan fingerprint density at radius 3 is 2.67 bits per heavy atom. The van der Waals surface area contributed by atoms with E-state index in [1.807, 2.05) is 12.1 Å². The molecule has 1 heterocycles. The lowest BCUT2D eigenvalue weighted by Gasteiger charge is -2.30. The third kappa shape index (κ3) is 3.87. The fourth-order valence-corrected chi connectivity index (χ4v) is 2.07. The minimum absolute atomic E-state index is 0.0149. The molecule has 3 amide bonds. The number of amides is 3. The van der Waals surface area contributed by atoms with Crippen LogP contribution in [-0.4, -0.2) is 41.8 Å². The molecule has 0 saturated carbocycles. The first-order valence-corrected chi connectivity index (χ1v) is 6.66. The normalized spacial score (nSPS) is 19.2. The van der Waals surface area contributed by atoms with Crippen molar-refractivity contribution >= 4 is 23.4 Å². The zero-order chi connectivity index (χ0) is 15.4. The molecule has 7 heteroatoms. The summed E-state index contributed by atoms with van der Waals surface area (Å²) in [5, 5.41) is 4.96. The van der Waals surface area contributed by atoms with Crippen molar-refractivity contribution in [2.24, 2.45) is 5.73 Å². The second-order valence-corrected chi connectivity index (χ2v) is 4.94. The molecule has 112 valence electrons. The Morgan fingerprint density at radius 1 is 1.38 bits per heavy atom. The second-order valence-electron chi connectivity index (χ2n) is 4.94. The van der Waals surface area contributed by atoms with Crippen molar-refractivity contribution in [2.45, 2.75) is 19.5 Å². The second kappa shape index (κ2) is 6.47. The molecule has 1 unspecified atom stereocenters. The molecule has 0 bridgehead atoms. The maximum absolute atomic E-state index is 12.0. The minimum atomic E-state index is -0.506. The quantitative estimate of drug-likeness (QED) is 0.644. The van der Waals surface area contributed by atoms with E-state index in [1.165, 1.54) is 4.90 Å². The number of hydrogen-bond acceptors (Lipinski definition) is 5. The Hall–Kier alpha value is -2.25. The van der Waals surface area contributed by atoms with Gasteiger partial charge in [0, 0.05) is 12.2 Å². The molecular formula is C14H18N4O3. The summed E-state index contributed by atoms with van der Waals surface area (Å²) in [6, 6.07) is 6.68. The number of rotatable bonds is 4. The molecule has 4 N–H and O–H groups in total. The van der Waals surface area contributed by atoms with Crippen LogP contribution in [0.25, 0.3) is 0 Å². The Balaban J connectivity index is 1.94. The molecule has 1 aromatic carbocycles. The van der Waals surface area contributed by atoms with Gasteiger partial charge in [-0.3, -0.25) is 24.6 Å². The van der Waals surface area contributed by atoms with Gasteiger partial charge in [-0.2, -0.15) is 0 Å².